The van der Waals surface area contributed by atoms with Crippen LogP contribution in [0.25, 0.3) is 0 Å². The molecule has 6 nitrogen and oxygen atoms in total. The van der Waals surface area contributed by atoms with E-state index in [0.29, 0.717) is 0 Å². The molecule has 0 unspecified atom stereocenters. The van der Waals surface area contributed by atoms with Gasteiger partial charge in [-0.25, -0.2) is 0 Å². The fraction of sp³-hybridized carbons (Fsp3) is 0.333. The lowest BCUT2D eigenvalue weighted by atomic mass is 10.3. The van der Waals surface area contributed by atoms with Crippen molar-refractivity contribution in [3.8, 4) is 0 Å². The lowest BCUT2D eigenvalue weighted by molar-refractivity contribution is -0.384. The summed E-state index contributed by atoms with van der Waals surface area (Å²) in [6, 6.07) is 7.93. The maximum atomic E-state index is 10.0. The lowest BCUT2D eigenvalue weighted by Crippen LogP contribution is -2.00. The van der Waals surface area contributed by atoms with Gasteiger partial charge in [0, 0.05) is 12.1 Å². The van der Waals surface area contributed by atoms with Gasteiger partial charge in [-0.3, -0.25) is 14.3 Å². The number of hydrogen-bond acceptors (Lipinski definition) is 5. The highest BCUT2D eigenvalue weighted by Gasteiger charge is 1.98. The third-order valence-corrected chi connectivity index (χ3v) is 1.96. The van der Waals surface area contributed by atoms with Gasteiger partial charge in [0.1, 0.15) is 0 Å². The molecule has 7 heteroatoms. The topological polar surface area (TPSA) is 86.5 Å². The second-order valence-electron chi connectivity index (χ2n) is 2.70. The number of hydrogen-bond donors (Lipinski definition) is 0. The molecule has 1 aromatic carbocycles. The molecule has 1 rings (SSSR count). The van der Waals surface area contributed by atoms with Gasteiger partial charge in [-0.05, 0) is 6.92 Å². The molecular weight excluding hydrogens is 234 g/mol. The van der Waals surface area contributed by atoms with Crippen molar-refractivity contribution in [2.24, 2.45) is 0 Å². The quantitative estimate of drug-likeness (QED) is 0.459. The van der Waals surface area contributed by atoms with Crippen LogP contribution in [0.5, 0.6) is 0 Å². The van der Waals surface area contributed by atoms with Gasteiger partial charge in [0.05, 0.1) is 17.8 Å². The van der Waals surface area contributed by atoms with Gasteiger partial charge in [-0.2, -0.15) is 8.42 Å². The largest absolute Gasteiger partial charge is 0.271 e. The Kier molecular flexibility index (Phi) is 6.28. The molecule has 0 saturated carbocycles. The van der Waals surface area contributed by atoms with Crippen LogP contribution in [-0.2, 0) is 14.3 Å². The van der Waals surface area contributed by atoms with E-state index in [1.807, 2.05) is 0 Å². The Hall–Kier alpha value is -1.47. The first-order valence-electron chi connectivity index (χ1n) is 4.40. The van der Waals surface area contributed by atoms with E-state index in [-0.39, 0.29) is 12.3 Å². The summed E-state index contributed by atoms with van der Waals surface area (Å²) in [4.78, 5) is 9.59. The summed E-state index contributed by atoms with van der Waals surface area (Å²) in [6.45, 7) is 1.85. The summed E-state index contributed by atoms with van der Waals surface area (Å²) in [5.74, 6) is 0. The van der Waals surface area contributed by atoms with Crippen LogP contribution in [-0.4, -0.2) is 26.2 Å². The molecule has 0 saturated heterocycles. The van der Waals surface area contributed by atoms with E-state index in [1.165, 1.54) is 12.1 Å². The van der Waals surface area contributed by atoms with Crippen molar-refractivity contribution < 1.29 is 17.5 Å². The third kappa shape index (κ3) is 7.89. The second-order valence-corrected chi connectivity index (χ2v) is 4.35. The number of nitrogens with zero attached hydrogens (tertiary/aromatic N) is 1. The fourth-order valence-corrected chi connectivity index (χ4v) is 1.19. The van der Waals surface area contributed by atoms with Gasteiger partial charge in [0.2, 0.25) is 0 Å². The average molecular weight is 247 g/mol. The molecule has 0 radical (unpaired) electrons. The predicted molar refractivity (Wildman–Crippen MR) is 59.6 cm³/mol. The smallest absolute Gasteiger partial charge is 0.269 e. The molecule has 0 atom stereocenters. The van der Waals surface area contributed by atoms with Crippen LogP contribution in [0.4, 0.5) is 5.69 Å². The Morgan fingerprint density at radius 1 is 1.31 bits per heavy atom. The molecule has 0 bridgehead atoms. The van der Waals surface area contributed by atoms with Crippen molar-refractivity contribution >= 4 is 15.8 Å². The molecule has 0 amide bonds. The third-order valence-electron chi connectivity index (χ3n) is 1.30. The number of rotatable bonds is 3. The minimum Gasteiger partial charge on any atom is -0.271 e. The summed E-state index contributed by atoms with van der Waals surface area (Å²) < 4.78 is 24.2. The lowest BCUT2D eigenvalue weighted by Gasteiger charge is -1.90. The Bertz CT molecular complexity index is 415. The second kappa shape index (κ2) is 6.91. The van der Waals surface area contributed by atoms with E-state index in [9.17, 15) is 18.5 Å². The van der Waals surface area contributed by atoms with Crippen LogP contribution in [0.2, 0.25) is 0 Å². The van der Waals surface area contributed by atoms with Crippen LogP contribution in [0, 0.1) is 10.1 Å². The highest BCUT2D eigenvalue weighted by molar-refractivity contribution is 7.85. The fourth-order valence-electron chi connectivity index (χ4n) is 0.764. The van der Waals surface area contributed by atoms with Crippen molar-refractivity contribution in [3.63, 3.8) is 0 Å². The highest BCUT2D eigenvalue weighted by Crippen LogP contribution is 2.06. The van der Waals surface area contributed by atoms with E-state index >= 15 is 0 Å². The van der Waals surface area contributed by atoms with Crippen molar-refractivity contribution in [1.82, 2.24) is 0 Å². The molecule has 0 aliphatic rings. The average Bonchev–Trinajstić information content (AvgIpc) is 2.18. The number of nitro groups is 1. The van der Waals surface area contributed by atoms with E-state index in [4.69, 9.17) is 0 Å². The van der Waals surface area contributed by atoms with E-state index in [0.717, 1.165) is 6.26 Å². The highest BCUT2D eigenvalue weighted by atomic mass is 32.2. The molecule has 0 N–H and O–H groups in total. The summed E-state index contributed by atoms with van der Waals surface area (Å²) in [5.41, 5.74) is 0.137. The van der Waals surface area contributed by atoms with Gasteiger partial charge in [0.25, 0.3) is 15.8 Å². The molecule has 90 valence electrons. The predicted octanol–water partition coefficient (Wildman–Crippen LogP) is 1.58. The minimum absolute atomic E-state index is 0.137. The molecule has 1 aromatic rings. The first-order valence-corrected chi connectivity index (χ1v) is 6.22. The number of nitro benzene ring substituents is 1. The molecule has 0 fully saturated rings. The maximum Gasteiger partial charge on any atom is 0.269 e. The summed E-state index contributed by atoms with van der Waals surface area (Å²) in [5, 5.41) is 10.0. The van der Waals surface area contributed by atoms with Crippen molar-refractivity contribution in [3.05, 3.63) is 40.4 Å². The van der Waals surface area contributed by atoms with Crippen molar-refractivity contribution in [1.29, 1.82) is 0 Å². The Morgan fingerprint density at radius 2 is 1.81 bits per heavy atom. The Labute approximate surface area is 94.1 Å². The van der Waals surface area contributed by atoms with Crippen LogP contribution >= 0.6 is 0 Å². The van der Waals surface area contributed by atoms with Gasteiger partial charge in [-0.1, -0.05) is 18.2 Å². The van der Waals surface area contributed by atoms with Gasteiger partial charge in [-0.15, -0.1) is 0 Å². The van der Waals surface area contributed by atoms with Crippen LogP contribution < -0.4 is 0 Å². The standard InChI is InChI=1S/C6H5NO2.C3H8O3S/c8-7(9)6-4-2-1-3-5-6;1-3-6-7(2,4)5/h1-5H;3H2,1-2H3. The first kappa shape index (κ1) is 14.5. The van der Waals surface area contributed by atoms with Crippen LogP contribution in [0.3, 0.4) is 0 Å². The molecule has 0 aliphatic carbocycles. The van der Waals surface area contributed by atoms with Gasteiger partial charge >= 0.3 is 0 Å². The minimum atomic E-state index is -3.17. The Balaban J connectivity index is 0.000000293. The number of para-hydroxylation sites is 1. The zero-order valence-corrected chi connectivity index (χ0v) is 9.81. The maximum absolute atomic E-state index is 10.0. The summed E-state index contributed by atoms with van der Waals surface area (Å²) in [7, 11) is -3.17. The number of benzene rings is 1. The van der Waals surface area contributed by atoms with E-state index in [1.54, 1.807) is 25.1 Å². The molecule has 0 aliphatic heterocycles. The van der Waals surface area contributed by atoms with Crippen LogP contribution in [0.15, 0.2) is 30.3 Å². The molecule has 0 spiro atoms. The monoisotopic (exact) mass is 247 g/mol. The zero-order valence-electron chi connectivity index (χ0n) is 8.99. The van der Waals surface area contributed by atoms with Crippen LogP contribution in [0.1, 0.15) is 6.92 Å². The van der Waals surface area contributed by atoms with Crippen molar-refractivity contribution in [2.45, 2.75) is 6.92 Å². The summed E-state index contributed by atoms with van der Waals surface area (Å²) in [6.07, 6.45) is 1.02. The molecular formula is C9H13NO5S. The SMILES string of the molecule is CCOS(C)(=O)=O.O=[N+]([O-])c1ccccc1. The van der Waals surface area contributed by atoms with Gasteiger partial charge in [0.15, 0.2) is 0 Å². The first-order chi connectivity index (χ1) is 7.37. The molecule has 0 heterocycles. The number of non-ortho nitro benzene ring substituents is 1. The summed E-state index contributed by atoms with van der Waals surface area (Å²) >= 11 is 0. The molecule has 0 aromatic heterocycles. The normalized spacial score (nSPS) is 10.1. The van der Waals surface area contributed by atoms with Crippen molar-refractivity contribution in [2.75, 3.05) is 12.9 Å². The zero-order chi connectivity index (χ0) is 12.6. The van der Waals surface area contributed by atoms with E-state index < -0.39 is 15.0 Å². The van der Waals surface area contributed by atoms with E-state index in [2.05, 4.69) is 4.18 Å². The Morgan fingerprint density at radius 3 is 2.00 bits per heavy atom. The van der Waals surface area contributed by atoms with Gasteiger partial charge < -0.3 is 0 Å². The molecule has 16 heavy (non-hydrogen) atoms.